The van der Waals surface area contributed by atoms with Crippen molar-refractivity contribution in [1.29, 1.82) is 0 Å². The molecule has 0 fully saturated rings. The Morgan fingerprint density at radius 2 is 2.06 bits per heavy atom. The van der Waals surface area contributed by atoms with Gasteiger partial charge in [0.15, 0.2) is 0 Å². The zero-order valence-electron chi connectivity index (χ0n) is 11.0. The van der Waals surface area contributed by atoms with Gasteiger partial charge in [0.2, 0.25) is 0 Å². The Morgan fingerprint density at radius 1 is 1.39 bits per heavy atom. The van der Waals surface area contributed by atoms with Gasteiger partial charge in [-0.25, -0.2) is 9.78 Å². The Labute approximate surface area is 106 Å². The third-order valence-corrected chi connectivity index (χ3v) is 3.91. The summed E-state index contributed by atoms with van der Waals surface area (Å²) in [6.45, 7) is 6.44. The molecule has 1 heterocycles. The lowest BCUT2D eigenvalue weighted by Crippen LogP contribution is -2.27. The summed E-state index contributed by atoms with van der Waals surface area (Å²) < 4.78 is 2.09. The first-order chi connectivity index (χ1) is 8.53. The molecule has 2 rings (SSSR count). The molecular weight excluding hydrogens is 228 g/mol. The van der Waals surface area contributed by atoms with Crippen LogP contribution >= 0.6 is 0 Å². The maximum Gasteiger partial charge on any atom is 0.337 e. The predicted octanol–water partition coefficient (Wildman–Crippen LogP) is 3.27. The molecule has 1 N–H and O–H groups in total. The fraction of sp³-hybridized carbons (Fsp3) is 0.429. The van der Waals surface area contributed by atoms with Gasteiger partial charge in [-0.05, 0) is 31.9 Å². The van der Waals surface area contributed by atoms with Crippen LogP contribution in [-0.2, 0) is 5.54 Å². The lowest BCUT2D eigenvalue weighted by molar-refractivity contribution is 0.0699. The number of rotatable bonds is 4. The third kappa shape index (κ3) is 1.78. The highest BCUT2D eigenvalue weighted by atomic mass is 16.4. The molecule has 0 radical (unpaired) electrons. The van der Waals surface area contributed by atoms with Crippen LogP contribution in [0.2, 0.25) is 0 Å². The first-order valence-electron chi connectivity index (χ1n) is 6.23. The number of imidazole rings is 1. The molecule has 0 aliphatic carbocycles. The van der Waals surface area contributed by atoms with E-state index in [2.05, 4.69) is 30.3 Å². The minimum absolute atomic E-state index is 0.0219. The predicted molar refractivity (Wildman–Crippen MR) is 70.9 cm³/mol. The zero-order chi connectivity index (χ0) is 13.3. The van der Waals surface area contributed by atoms with Crippen molar-refractivity contribution in [3.05, 3.63) is 30.1 Å². The Hall–Kier alpha value is -1.84. The Morgan fingerprint density at radius 3 is 2.61 bits per heavy atom. The van der Waals surface area contributed by atoms with Crippen LogP contribution in [0.25, 0.3) is 11.0 Å². The number of carbonyl (C=O) groups is 1. The van der Waals surface area contributed by atoms with Gasteiger partial charge in [-0.15, -0.1) is 0 Å². The monoisotopic (exact) mass is 246 g/mol. The lowest BCUT2D eigenvalue weighted by atomic mass is 9.95. The highest BCUT2D eigenvalue weighted by molar-refractivity contribution is 6.00. The lowest BCUT2D eigenvalue weighted by Gasteiger charge is -2.29. The molecule has 0 amide bonds. The molecule has 1 aromatic heterocycles. The van der Waals surface area contributed by atoms with Gasteiger partial charge in [0.1, 0.15) is 5.52 Å². The van der Waals surface area contributed by atoms with Crippen molar-refractivity contribution >= 4 is 17.0 Å². The summed E-state index contributed by atoms with van der Waals surface area (Å²) in [6.07, 6.45) is 3.71. The number of benzene rings is 1. The number of carboxylic acids is 1. The van der Waals surface area contributed by atoms with E-state index in [1.54, 1.807) is 18.5 Å². The van der Waals surface area contributed by atoms with Crippen molar-refractivity contribution in [2.75, 3.05) is 0 Å². The SMILES string of the molecule is CCC(C)(CC)n1cnc2c(C(=O)O)cccc21. The van der Waals surface area contributed by atoms with Crippen LogP contribution in [0.3, 0.4) is 0 Å². The van der Waals surface area contributed by atoms with Crippen molar-refractivity contribution in [2.24, 2.45) is 0 Å². The van der Waals surface area contributed by atoms with E-state index in [1.165, 1.54) is 0 Å². The van der Waals surface area contributed by atoms with Gasteiger partial charge in [-0.1, -0.05) is 19.9 Å². The van der Waals surface area contributed by atoms with Crippen molar-refractivity contribution < 1.29 is 9.90 Å². The second-order valence-corrected chi connectivity index (χ2v) is 4.80. The molecule has 0 aliphatic rings. The Balaban J connectivity index is 2.69. The van der Waals surface area contributed by atoms with E-state index in [9.17, 15) is 4.79 Å². The number of hydrogen-bond donors (Lipinski definition) is 1. The number of para-hydroxylation sites is 1. The smallest absolute Gasteiger partial charge is 0.337 e. The van der Waals surface area contributed by atoms with E-state index in [-0.39, 0.29) is 11.1 Å². The molecule has 18 heavy (non-hydrogen) atoms. The van der Waals surface area contributed by atoms with Crippen LogP contribution in [0.5, 0.6) is 0 Å². The van der Waals surface area contributed by atoms with Crippen LogP contribution in [0, 0.1) is 0 Å². The normalized spacial score (nSPS) is 11.9. The fourth-order valence-corrected chi connectivity index (χ4v) is 2.23. The van der Waals surface area contributed by atoms with Crippen LogP contribution in [0.1, 0.15) is 44.0 Å². The summed E-state index contributed by atoms with van der Waals surface area (Å²) in [4.78, 5) is 15.4. The maximum atomic E-state index is 11.2. The van der Waals surface area contributed by atoms with Gasteiger partial charge in [0, 0.05) is 5.54 Å². The van der Waals surface area contributed by atoms with E-state index >= 15 is 0 Å². The fourth-order valence-electron chi connectivity index (χ4n) is 2.23. The first kappa shape index (κ1) is 12.6. The van der Waals surface area contributed by atoms with Crippen molar-refractivity contribution in [1.82, 2.24) is 9.55 Å². The maximum absolute atomic E-state index is 11.2. The molecule has 0 aliphatic heterocycles. The average molecular weight is 246 g/mol. The van der Waals surface area contributed by atoms with Crippen LogP contribution < -0.4 is 0 Å². The van der Waals surface area contributed by atoms with Crippen LogP contribution in [0.4, 0.5) is 0 Å². The number of carboxylic acid groups (broad SMARTS) is 1. The molecule has 0 saturated carbocycles. The highest BCUT2D eigenvalue weighted by Gasteiger charge is 2.24. The molecule has 96 valence electrons. The van der Waals surface area contributed by atoms with Crippen molar-refractivity contribution in [2.45, 2.75) is 39.2 Å². The highest BCUT2D eigenvalue weighted by Crippen LogP contribution is 2.29. The molecule has 4 heteroatoms. The van der Waals surface area contributed by atoms with Crippen molar-refractivity contribution in [3.63, 3.8) is 0 Å². The molecule has 0 atom stereocenters. The van der Waals surface area contributed by atoms with Gasteiger partial charge in [0.25, 0.3) is 0 Å². The van der Waals surface area contributed by atoms with Gasteiger partial charge in [-0.3, -0.25) is 0 Å². The van der Waals surface area contributed by atoms with E-state index in [0.29, 0.717) is 5.52 Å². The molecular formula is C14H18N2O2. The van der Waals surface area contributed by atoms with E-state index in [0.717, 1.165) is 18.4 Å². The minimum Gasteiger partial charge on any atom is -0.478 e. The number of nitrogens with zero attached hydrogens (tertiary/aromatic N) is 2. The minimum atomic E-state index is -0.930. The quantitative estimate of drug-likeness (QED) is 0.900. The van der Waals surface area contributed by atoms with Crippen LogP contribution in [-0.4, -0.2) is 20.6 Å². The number of fused-ring (bicyclic) bond motifs is 1. The van der Waals surface area contributed by atoms with E-state index < -0.39 is 5.97 Å². The first-order valence-corrected chi connectivity index (χ1v) is 6.23. The second kappa shape index (κ2) is 4.44. The van der Waals surface area contributed by atoms with E-state index in [1.807, 2.05) is 6.07 Å². The molecule has 4 nitrogen and oxygen atoms in total. The van der Waals surface area contributed by atoms with Crippen molar-refractivity contribution in [3.8, 4) is 0 Å². The zero-order valence-corrected chi connectivity index (χ0v) is 11.0. The molecule has 0 unspecified atom stereocenters. The summed E-state index contributed by atoms with van der Waals surface area (Å²) in [5.74, 6) is -0.930. The number of aromatic carboxylic acids is 1. The second-order valence-electron chi connectivity index (χ2n) is 4.80. The molecule has 0 bridgehead atoms. The molecule has 1 aromatic carbocycles. The molecule has 0 saturated heterocycles. The van der Waals surface area contributed by atoms with Gasteiger partial charge in [-0.2, -0.15) is 0 Å². The van der Waals surface area contributed by atoms with Crippen LogP contribution in [0.15, 0.2) is 24.5 Å². The Kier molecular flexibility index (Phi) is 3.11. The summed E-state index contributed by atoms with van der Waals surface area (Å²) in [7, 11) is 0. The Bertz CT molecular complexity index is 582. The molecule has 0 spiro atoms. The molecule has 2 aromatic rings. The van der Waals surface area contributed by atoms with Gasteiger partial charge < -0.3 is 9.67 Å². The van der Waals surface area contributed by atoms with E-state index in [4.69, 9.17) is 5.11 Å². The summed E-state index contributed by atoms with van der Waals surface area (Å²) in [5, 5.41) is 9.16. The summed E-state index contributed by atoms with van der Waals surface area (Å²) in [6, 6.07) is 5.30. The number of aromatic nitrogens is 2. The summed E-state index contributed by atoms with van der Waals surface area (Å²) in [5.41, 5.74) is 1.70. The standard InChI is InChI=1S/C14H18N2O2/c1-4-14(3,5-2)16-9-15-12-10(13(17)18)7-6-8-11(12)16/h6-9H,4-5H2,1-3H3,(H,17,18). The topological polar surface area (TPSA) is 55.1 Å². The number of hydrogen-bond acceptors (Lipinski definition) is 2. The van der Waals surface area contributed by atoms with Gasteiger partial charge >= 0.3 is 5.97 Å². The third-order valence-electron chi connectivity index (χ3n) is 3.91. The van der Waals surface area contributed by atoms with Gasteiger partial charge in [0.05, 0.1) is 17.4 Å². The largest absolute Gasteiger partial charge is 0.478 e. The summed E-state index contributed by atoms with van der Waals surface area (Å²) >= 11 is 0. The average Bonchev–Trinajstić information content (AvgIpc) is 2.81.